The molecule has 1 rings (SSSR count). The molecule has 4 heteroatoms. The highest BCUT2D eigenvalue weighted by Crippen LogP contribution is 2.20. The fourth-order valence-corrected chi connectivity index (χ4v) is 2.34. The number of ether oxygens (including phenoxy) is 1. The Hall–Kier alpha value is -1.71. The van der Waals surface area contributed by atoms with Gasteiger partial charge in [0.1, 0.15) is 5.75 Å². The van der Waals surface area contributed by atoms with E-state index in [-0.39, 0.29) is 6.42 Å². The Morgan fingerprint density at radius 2 is 1.77 bits per heavy atom. The fraction of sp³-hybridized carbons (Fsp3) is 0.611. The number of nitrogens with zero attached hydrogens (tertiary/aromatic N) is 1. The average Bonchev–Trinajstić information content (AvgIpc) is 2.52. The highest BCUT2D eigenvalue weighted by Gasteiger charge is 2.08. The van der Waals surface area contributed by atoms with E-state index in [0.717, 1.165) is 37.4 Å². The predicted molar refractivity (Wildman–Crippen MR) is 90.8 cm³/mol. The van der Waals surface area contributed by atoms with Crippen LogP contribution >= 0.6 is 0 Å². The second kappa shape index (κ2) is 10.9. The van der Waals surface area contributed by atoms with Crippen LogP contribution in [0.15, 0.2) is 24.3 Å². The van der Waals surface area contributed by atoms with Crippen LogP contribution in [-0.4, -0.2) is 30.8 Å². The minimum Gasteiger partial charge on any atom is -0.494 e. The molecule has 0 radical (unpaired) electrons. The van der Waals surface area contributed by atoms with Crippen molar-refractivity contribution < 1.29 is 14.6 Å². The van der Waals surface area contributed by atoms with Crippen molar-refractivity contribution in [1.82, 2.24) is 0 Å². The molecule has 0 aliphatic heterocycles. The molecule has 0 aliphatic carbocycles. The number of rotatable bonds is 12. The largest absolute Gasteiger partial charge is 0.494 e. The van der Waals surface area contributed by atoms with E-state index in [1.54, 1.807) is 0 Å². The van der Waals surface area contributed by atoms with Gasteiger partial charge in [-0.05, 0) is 37.1 Å². The van der Waals surface area contributed by atoms with Crippen molar-refractivity contribution in [3.8, 4) is 5.75 Å². The first-order chi connectivity index (χ1) is 10.7. The minimum absolute atomic E-state index is 0.162. The van der Waals surface area contributed by atoms with Gasteiger partial charge in [-0.25, -0.2) is 0 Å². The fourth-order valence-electron chi connectivity index (χ4n) is 2.34. The van der Waals surface area contributed by atoms with Crippen LogP contribution < -0.4 is 9.64 Å². The molecule has 0 atom stereocenters. The van der Waals surface area contributed by atoms with Gasteiger partial charge in [0, 0.05) is 18.8 Å². The quantitative estimate of drug-likeness (QED) is 0.584. The molecule has 0 spiro atoms. The van der Waals surface area contributed by atoms with Crippen molar-refractivity contribution >= 4 is 11.7 Å². The van der Waals surface area contributed by atoms with Gasteiger partial charge in [0.15, 0.2) is 0 Å². The van der Waals surface area contributed by atoms with Gasteiger partial charge in [0.25, 0.3) is 0 Å². The third-order valence-corrected chi connectivity index (χ3v) is 3.56. The molecule has 0 amide bonds. The van der Waals surface area contributed by atoms with Crippen LogP contribution in [-0.2, 0) is 4.79 Å². The van der Waals surface area contributed by atoms with E-state index in [9.17, 15) is 4.79 Å². The summed E-state index contributed by atoms with van der Waals surface area (Å²) in [5, 5.41) is 8.83. The number of benzene rings is 1. The number of carbonyl (C=O) groups is 1. The van der Waals surface area contributed by atoms with E-state index in [1.165, 1.54) is 19.3 Å². The molecule has 0 heterocycles. The standard InChI is InChI=1S/C18H29NO3/c1-3-5-6-7-15-22-17-10-8-16(9-11-17)19(13-4-2)14-12-18(20)21/h8-11H,3-7,12-15H2,1-2H3,(H,20,21). The van der Waals surface area contributed by atoms with Crippen LogP contribution in [0.5, 0.6) is 5.75 Å². The zero-order valence-electron chi connectivity index (χ0n) is 13.9. The number of carboxylic acids is 1. The van der Waals surface area contributed by atoms with Crippen LogP contribution in [0.1, 0.15) is 52.4 Å². The topological polar surface area (TPSA) is 49.8 Å². The molecule has 0 bridgehead atoms. The summed E-state index contributed by atoms with van der Waals surface area (Å²) in [6.07, 6.45) is 5.96. The van der Waals surface area contributed by atoms with E-state index in [0.29, 0.717) is 6.54 Å². The lowest BCUT2D eigenvalue weighted by molar-refractivity contribution is -0.136. The van der Waals surface area contributed by atoms with Gasteiger partial charge in [-0.15, -0.1) is 0 Å². The summed E-state index contributed by atoms with van der Waals surface area (Å²) in [6.45, 7) is 6.47. The summed E-state index contributed by atoms with van der Waals surface area (Å²) in [4.78, 5) is 12.9. The summed E-state index contributed by atoms with van der Waals surface area (Å²) in [6, 6.07) is 7.97. The number of anilines is 1. The van der Waals surface area contributed by atoms with Gasteiger partial charge in [-0.1, -0.05) is 33.1 Å². The van der Waals surface area contributed by atoms with Crippen molar-refractivity contribution in [3.63, 3.8) is 0 Å². The number of hydrogen-bond donors (Lipinski definition) is 1. The lowest BCUT2D eigenvalue weighted by Crippen LogP contribution is -2.26. The van der Waals surface area contributed by atoms with Gasteiger partial charge in [-0.2, -0.15) is 0 Å². The van der Waals surface area contributed by atoms with Crippen LogP contribution in [0, 0.1) is 0 Å². The number of hydrogen-bond acceptors (Lipinski definition) is 3. The maximum absolute atomic E-state index is 10.7. The molecule has 1 aromatic rings. The van der Waals surface area contributed by atoms with E-state index >= 15 is 0 Å². The Labute approximate surface area is 134 Å². The molecule has 0 unspecified atom stereocenters. The van der Waals surface area contributed by atoms with E-state index in [1.807, 2.05) is 24.3 Å². The highest BCUT2D eigenvalue weighted by molar-refractivity contribution is 5.67. The SMILES string of the molecule is CCCCCCOc1ccc(N(CCC)CCC(=O)O)cc1. The average molecular weight is 307 g/mol. The number of aliphatic carboxylic acids is 1. The Balaban J connectivity index is 2.47. The lowest BCUT2D eigenvalue weighted by Gasteiger charge is -2.23. The van der Waals surface area contributed by atoms with Crippen LogP contribution in [0.2, 0.25) is 0 Å². The smallest absolute Gasteiger partial charge is 0.305 e. The van der Waals surface area contributed by atoms with E-state index in [4.69, 9.17) is 9.84 Å². The molecule has 0 fully saturated rings. The lowest BCUT2D eigenvalue weighted by atomic mass is 10.2. The van der Waals surface area contributed by atoms with Crippen molar-refractivity contribution in [1.29, 1.82) is 0 Å². The maximum Gasteiger partial charge on any atom is 0.305 e. The van der Waals surface area contributed by atoms with E-state index < -0.39 is 5.97 Å². The molecule has 22 heavy (non-hydrogen) atoms. The van der Waals surface area contributed by atoms with Gasteiger partial charge >= 0.3 is 5.97 Å². The zero-order valence-corrected chi connectivity index (χ0v) is 13.9. The van der Waals surface area contributed by atoms with Crippen molar-refractivity contribution in [2.24, 2.45) is 0 Å². The third-order valence-electron chi connectivity index (χ3n) is 3.56. The number of unbranched alkanes of at least 4 members (excludes halogenated alkanes) is 3. The molecule has 4 nitrogen and oxygen atoms in total. The second-order valence-corrected chi connectivity index (χ2v) is 5.53. The first kappa shape index (κ1) is 18.3. The van der Waals surface area contributed by atoms with Gasteiger partial charge in [0.05, 0.1) is 13.0 Å². The molecule has 1 N–H and O–H groups in total. The summed E-state index contributed by atoms with van der Waals surface area (Å²) in [7, 11) is 0. The maximum atomic E-state index is 10.7. The molecular formula is C18H29NO3. The third kappa shape index (κ3) is 7.34. The van der Waals surface area contributed by atoms with E-state index in [2.05, 4.69) is 18.7 Å². The van der Waals surface area contributed by atoms with Gasteiger partial charge in [0.2, 0.25) is 0 Å². The molecule has 0 saturated heterocycles. The zero-order chi connectivity index (χ0) is 16.2. The highest BCUT2D eigenvalue weighted by atomic mass is 16.5. The summed E-state index contributed by atoms with van der Waals surface area (Å²) in [5.74, 6) is 0.128. The van der Waals surface area contributed by atoms with Crippen LogP contribution in [0.4, 0.5) is 5.69 Å². The summed E-state index contributed by atoms with van der Waals surface area (Å²) in [5.41, 5.74) is 1.06. The van der Waals surface area contributed by atoms with Gasteiger partial charge < -0.3 is 14.7 Å². The monoisotopic (exact) mass is 307 g/mol. The Kier molecular flexibility index (Phi) is 9.12. The molecule has 0 saturated carbocycles. The predicted octanol–water partition coefficient (Wildman–Crippen LogP) is 4.34. The summed E-state index contributed by atoms with van der Waals surface area (Å²) >= 11 is 0. The molecule has 1 aromatic carbocycles. The van der Waals surface area contributed by atoms with Crippen LogP contribution in [0.25, 0.3) is 0 Å². The van der Waals surface area contributed by atoms with Crippen molar-refractivity contribution in [3.05, 3.63) is 24.3 Å². The minimum atomic E-state index is -0.756. The van der Waals surface area contributed by atoms with Crippen LogP contribution in [0.3, 0.4) is 0 Å². The van der Waals surface area contributed by atoms with Crippen molar-refractivity contribution in [2.75, 3.05) is 24.6 Å². The normalized spacial score (nSPS) is 10.5. The Morgan fingerprint density at radius 1 is 1.05 bits per heavy atom. The molecule has 0 aromatic heterocycles. The van der Waals surface area contributed by atoms with Gasteiger partial charge in [-0.3, -0.25) is 4.79 Å². The second-order valence-electron chi connectivity index (χ2n) is 5.53. The van der Waals surface area contributed by atoms with Crippen molar-refractivity contribution in [2.45, 2.75) is 52.4 Å². The first-order valence-electron chi connectivity index (χ1n) is 8.37. The Morgan fingerprint density at radius 3 is 2.36 bits per heavy atom. The first-order valence-corrected chi connectivity index (χ1v) is 8.37. The Bertz CT molecular complexity index is 417. The molecule has 124 valence electrons. The molecule has 0 aliphatic rings. The molecular weight excluding hydrogens is 278 g/mol. The number of carboxylic acid groups (broad SMARTS) is 1. The summed E-state index contributed by atoms with van der Waals surface area (Å²) < 4.78 is 5.73.